The number of carbonyl (C=O) groups is 1. The topological polar surface area (TPSA) is 61.8 Å². The van der Waals surface area contributed by atoms with Crippen LogP contribution in [0.25, 0.3) is 0 Å². The molecule has 0 radical (unpaired) electrons. The molecule has 0 unspecified atom stereocenters. The fourth-order valence-electron chi connectivity index (χ4n) is 1.92. The number of piperazine rings is 1. The van der Waals surface area contributed by atoms with Gasteiger partial charge in [-0.25, -0.2) is 13.6 Å². The van der Waals surface area contributed by atoms with E-state index in [0.717, 1.165) is 18.2 Å². The molecular formula is C12H14F2N2O3. The molecule has 0 aliphatic carbocycles. The molecule has 2 rings (SSSR count). The van der Waals surface area contributed by atoms with Crippen LogP contribution >= 0.6 is 0 Å². The summed E-state index contributed by atoms with van der Waals surface area (Å²) in [6.07, 6.45) is -0.983. The van der Waals surface area contributed by atoms with Crippen molar-refractivity contribution in [2.75, 3.05) is 26.2 Å². The summed E-state index contributed by atoms with van der Waals surface area (Å²) in [5.41, 5.74) is 0. The molecule has 104 valence electrons. The SMILES string of the molecule is O=C(O)N1CCN[C@H](COc2cc(F)cc(F)c2)C1. The summed E-state index contributed by atoms with van der Waals surface area (Å²) in [5.74, 6) is -1.33. The Labute approximate surface area is 108 Å². The summed E-state index contributed by atoms with van der Waals surface area (Å²) in [6.45, 7) is 1.37. The number of ether oxygens (including phenoxy) is 1. The Balaban J connectivity index is 1.89. The average molecular weight is 272 g/mol. The van der Waals surface area contributed by atoms with Crippen LogP contribution in [0.1, 0.15) is 0 Å². The maximum atomic E-state index is 12.9. The van der Waals surface area contributed by atoms with Crippen molar-refractivity contribution in [3.05, 3.63) is 29.8 Å². The van der Waals surface area contributed by atoms with E-state index in [0.29, 0.717) is 13.1 Å². The molecule has 1 aliphatic heterocycles. The highest BCUT2D eigenvalue weighted by atomic mass is 19.1. The number of halogens is 2. The van der Waals surface area contributed by atoms with Crippen LogP contribution in [0.4, 0.5) is 13.6 Å². The van der Waals surface area contributed by atoms with Crippen LogP contribution in [0.3, 0.4) is 0 Å². The third-order valence-electron chi connectivity index (χ3n) is 2.81. The van der Waals surface area contributed by atoms with Crippen LogP contribution in [0.2, 0.25) is 0 Å². The summed E-state index contributed by atoms with van der Waals surface area (Å²) >= 11 is 0. The van der Waals surface area contributed by atoms with Crippen LogP contribution in [0.15, 0.2) is 18.2 Å². The molecule has 1 heterocycles. The number of rotatable bonds is 3. The Kier molecular flexibility index (Phi) is 4.16. The molecule has 19 heavy (non-hydrogen) atoms. The van der Waals surface area contributed by atoms with Gasteiger partial charge in [-0.1, -0.05) is 0 Å². The summed E-state index contributed by atoms with van der Waals surface area (Å²) < 4.78 is 31.2. The minimum Gasteiger partial charge on any atom is -0.492 e. The highest BCUT2D eigenvalue weighted by Gasteiger charge is 2.23. The smallest absolute Gasteiger partial charge is 0.407 e. The fourth-order valence-corrected chi connectivity index (χ4v) is 1.92. The highest BCUT2D eigenvalue weighted by Crippen LogP contribution is 2.15. The van der Waals surface area contributed by atoms with E-state index in [9.17, 15) is 13.6 Å². The molecule has 2 N–H and O–H groups in total. The lowest BCUT2D eigenvalue weighted by atomic mass is 10.2. The lowest BCUT2D eigenvalue weighted by molar-refractivity contribution is 0.118. The van der Waals surface area contributed by atoms with E-state index in [4.69, 9.17) is 9.84 Å². The van der Waals surface area contributed by atoms with Gasteiger partial charge in [0.05, 0.1) is 6.04 Å². The lowest BCUT2D eigenvalue weighted by Gasteiger charge is -2.31. The van der Waals surface area contributed by atoms with Gasteiger partial charge in [0.2, 0.25) is 0 Å². The van der Waals surface area contributed by atoms with Crippen molar-refractivity contribution in [3.63, 3.8) is 0 Å². The normalized spacial score (nSPS) is 19.3. The minimum absolute atomic E-state index is 0.0896. The van der Waals surface area contributed by atoms with E-state index in [1.165, 1.54) is 4.90 Å². The molecule has 1 aromatic rings. The number of hydrogen-bond donors (Lipinski definition) is 2. The Morgan fingerprint density at radius 1 is 1.42 bits per heavy atom. The van der Waals surface area contributed by atoms with Crippen LogP contribution < -0.4 is 10.1 Å². The first kappa shape index (κ1) is 13.5. The van der Waals surface area contributed by atoms with E-state index in [2.05, 4.69) is 5.32 Å². The van der Waals surface area contributed by atoms with Gasteiger partial charge >= 0.3 is 6.09 Å². The van der Waals surface area contributed by atoms with Gasteiger partial charge in [0, 0.05) is 37.8 Å². The largest absolute Gasteiger partial charge is 0.492 e. The number of nitrogens with one attached hydrogen (secondary N) is 1. The van der Waals surface area contributed by atoms with Crippen molar-refractivity contribution in [1.29, 1.82) is 0 Å². The van der Waals surface area contributed by atoms with E-state index >= 15 is 0 Å². The average Bonchev–Trinajstić information content (AvgIpc) is 2.35. The van der Waals surface area contributed by atoms with Gasteiger partial charge in [0.15, 0.2) is 0 Å². The molecule has 1 aliphatic rings. The fraction of sp³-hybridized carbons (Fsp3) is 0.417. The van der Waals surface area contributed by atoms with E-state index in [-0.39, 0.29) is 24.9 Å². The monoisotopic (exact) mass is 272 g/mol. The Morgan fingerprint density at radius 2 is 2.11 bits per heavy atom. The molecule has 1 atom stereocenters. The third-order valence-corrected chi connectivity index (χ3v) is 2.81. The van der Waals surface area contributed by atoms with Gasteiger partial charge in [-0.05, 0) is 0 Å². The van der Waals surface area contributed by atoms with Gasteiger partial charge in [-0.15, -0.1) is 0 Å². The molecule has 1 aromatic carbocycles. The molecule has 0 aromatic heterocycles. The number of benzene rings is 1. The van der Waals surface area contributed by atoms with Crippen molar-refractivity contribution in [1.82, 2.24) is 10.2 Å². The van der Waals surface area contributed by atoms with Crippen molar-refractivity contribution in [2.45, 2.75) is 6.04 Å². The summed E-state index contributed by atoms with van der Waals surface area (Å²) in [7, 11) is 0. The molecular weight excluding hydrogens is 258 g/mol. The number of carboxylic acid groups (broad SMARTS) is 1. The quantitative estimate of drug-likeness (QED) is 0.870. The zero-order chi connectivity index (χ0) is 13.8. The Hall–Kier alpha value is -1.89. The molecule has 1 fully saturated rings. The number of nitrogens with zero attached hydrogens (tertiary/aromatic N) is 1. The van der Waals surface area contributed by atoms with E-state index in [1.807, 2.05) is 0 Å². The van der Waals surface area contributed by atoms with Crippen molar-refractivity contribution in [2.24, 2.45) is 0 Å². The van der Waals surface area contributed by atoms with Crippen LogP contribution in [-0.2, 0) is 0 Å². The van der Waals surface area contributed by atoms with Gasteiger partial charge in [-0.2, -0.15) is 0 Å². The molecule has 1 saturated heterocycles. The summed E-state index contributed by atoms with van der Waals surface area (Å²) in [4.78, 5) is 12.1. The first-order chi connectivity index (χ1) is 9.04. The third kappa shape index (κ3) is 3.78. The van der Waals surface area contributed by atoms with E-state index in [1.54, 1.807) is 0 Å². The molecule has 7 heteroatoms. The molecule has 0 bridgehead atoms. The predicted molar refractivity (Wildman–Crippen MR) is 63.2 cm³/mol. The first-order valence-corrected chi connectivity index (χ1v) is 5.85. The second-order valence-corrected chi connectivity index (χ2v) is 4.30. The van der Waals surface area contributed by atoms with Crippen LogP contribution in [0.5, 0.6) is 5.75 Å². The zero-order valence-corrected chi connectivity index (χ0v) is 10.1. The second-order valence-electron chi connectivity index (χ2n) is 4.30. The predicted octanol–water partition coefficient (Wildman–Crippen LogP) is 1.30. The number of hydrogen-bond acceptors (Lipinski definition) is 3. The van der Waals surface area contributed by atoms with Crippen molar-refractivity contribution < 1.29 is 23.4 Å². The molecule has 1 amide bonds. The Bertz CT molecular complexity index is 450. The number of amides is 1. The van der Waals surface area contributed by atoms with Gasteiger partial charge in [-0.3, -0.25) is 0 Å². The maximum Gasteiger partial charge on any atom is 0.407 e. The zero-order valence-electron chi connectivity index (χ0n) is 10.1. The molecule has 0 saturated carbocycles. The highest BCUT2D eigenvalue weighted by molar-refractivity contribution is 5.65. The molecule has 0 spiro atoms. The van der Waals surface area contributed by atoms with Gasteiger partial charge in [0.1, 0.15) is 24.0 Å². The van der Waals surface area contributed by atoms with Gasteiger partial charge in [0.25, 0.3) is 0 Å². The first-order valence-electron chi connectivity index (χ1n) is 5.85. The second kappa shape index (κ2) is 5.83. The standard InChI is InChI=1S/C12H14F2N2O3/c13-8-3-9(14)5-11(4-8)19-7-10-6-16(12(17)18)2-1-15-10/h3-5,10,15H,1-2,6-7H2,(H,17,18)/t10-/m0/s1. The molecule has 5 nitrogen and oxygen atoms in total. The van der Waals surface area contributed by atoms with E-state index < -0.39 is 17.7 Å². The van der Waals surface area contributed by atoms with Crippen molar-refractivity contribution in [3.8, 4) is 5.75 Å². The van der Waals surface area contributed by atoms with Gasteiger partial charge < -0.3 is 20.1 Å². The van der Waals surface area contributed by atoms with Crippen molar-refractivity contribution >= 4 is 6.09 Å². The summed E-state index contributed by atoms with van der Waals surface area (Å²) in [6, 6.07) is 2.73. The Morgan fingerprint density at radius 3 is 2.74 bits per heavy atom. The van der Waals surface area contributed by atoms with Crippen LogP contribution in [-0.4, -0.2) is 48.4 Å². The van der Waals surface area contributed by atoms with Crippen LogP contribution in [0, 0.1) is 11.6 Å². The maximum absolute atomic E-state index is 12.9. The summed E-state index contributed by atoms with van der Waals surface area (Å²) in [5, 5.41) is 12.0. The minimum atomic E-state index is -0.983. The lowest BCUT2D eigenvalue weighted by Crippen LogP contribution is -2.54.